The quantitative estimate of drug-likeness (QED) is 0.137. The van der Waals surface area contributed by atoms with Gasteiger partial charge in [0.25, 0.3) is 0 Å². The predicted octanol–water partition coefficient (Wildman–Crippen LogP) is 6.56. The molecule has 0 bridgehead atoms. The van der Waals surface area contributed by atoms with Gasteiger partial charge in [-0.3, -0.25) is 14.6 Å². The molecule has 1 aliphatic rings. The molecule has 4 aromatic rings. The number of ketones is 2. The van der Waals surface area contributed by atoms with Gasteiger partial charge in [-0.05, 0) is 36.7 Å². The molecule has 4 nitrogen and oxygen atoms in total. The monoisotopic (exact) mass is 627 g/mol. The molecule has 0 spiro atoms. The molecule has 3 aromatic carbocycles. The summed E-state index contributed by atoms with van der Waals surface area (Å²) in [6.07, 6.45) is 1.17. The molecule has 1 aliphatic carbocycles. The number of carbonyl (C=O) groups excluding carboxylic acids is 2. The maximum absolute atomic E-state index is 13.2. The van der Waals surface area contributed by atoms with E-state index in [0.717, 1.165) is 55.5 Å². The zero-order chi connectivity index (χ0) is 23.7. The standard InChI is InChI=1S/C24H16NO.C5H8O2.Ir/c1-14-10-15(2)12-16(11-14)22-13-20-23-18(8-5-9-21(23)25-22)17-6-3-4-7-19(17)24(20)26;1-4(6)3-5(2)7;/h3-11,13H,1-2H3;3,6H,1-2H3;/q-1;;/b;4-3-;. The maximum atomic E-state index is 13.2. The van der Waals surface area contributed by atoms with Crippen LogP contribution < -0.4 is 0 Å². The Morgan fingerprint density at radius 1 is 0.912 bits per heavy atom. The third-order valence-electron chi connectivity index (χ3n) is 5.38. The zero-order valence-corrected chi connectivity index (χ0v) is 21.8. The number of hydrogen-bond acceptors (Lipinski definition) is 4. The Labute approximate surface area is 212 Å². The number of allylic oxidation sites excluding steroid dienone is 2. The Balaban J connectivity index is 0.000000357. The second-order valence-electron chi connectivity index (χ2n) is 8.28. The van der Waals surface area contributed by atoms with Gasteiger partial charge < -0.3 is 5.11 Å². The van der Waals surface area contributed by atoms with E-state index in [1.54, 1.807) is 0 Å². The van der Waals surface area contributed by atoms with E-state index in [-0.39, 0.29) is 37.4 Å². The summed E-state index contributed by atoms with van der Waals surface area (Å²) >= 11 is 0. The topological polar surface area (TPSA) is 67.3 Å². The number of rotatable bonds is 2. The molecule has 1 radical (unpaired) electrons. The van der Waals surface area contributed by atoms with Gasteiger partial charge in [-0.1, -0.05) is 56.3 Å². The molecule has 5 rings (SSSR count). The van der Waals surface area contributed by atoms with Gasteiger partial charge in [-0.2, -0.15) is 0 Å². The van der Waals surface area contributed by atoms with E-state index in [1.165, 1.54) is 19.9 Å². The zero-order valence-electron chi connectivity index (χ0n) is 19.4. The minimum Gasteiger partial charge on any atom is -0.512 e. The van der Waals surface area contributed by atoms with Crippen molar-refractivity contribution in [2.24, 2.45) is 0 Å². The second-order valence-corrected chi connectivity index (χ2v) is 8.28. The number of aryl methyl sites for hydroxylation is 2. The average Bonchev–Trinajstić information content (AvgIpc) is 2.76. The van der Waals surface area contributed by atoms with E-state index in [9.17, 15) is 9.59 Å². The summed E-state index contributed by atoms with van der Waals surface area (Å²) < 4.78 is 0. The molecule has 34 heavy (non-hydrogen) atoms. The third kappa shape index (κ3) is 5.06. The minimum atomic E-state index is -0.125. The first-order chi connectivity index (χ1) is 15.7. The number of pyridine rings is 1. The Kier molecular flexibility index (Phi) is 7.61. The van der Waals surface area contributed by atoms with E-state index >= 15 is 0 Å². The average molecular weight is 627 g/mol. The number of fused-ring (bicyclic) bond motifs is 2. The summed E-state index contributed by atoms with van der Waals surface area (Å²) in [7, 11) is 0. The molecule has 0 saturated heterocycles. The minimum absolute atomic E-state index is 0. The molecule has 0 atom stereocenters. The first kappa shape index (κ1) is 25.2. The molecule has 0 fully saturated rings. The SMILES string of the molecule is CC(=O)/C=C(/C)O.Cc1[c-]c(-c2cc3c4c(cccc4n2)-c2ccccc2C3=O)cc(C)c1.[Ir]. The van der Waals surface area contributed by atoms with Crippen LogP contribution in [0.2, 0.25) is 0 Å². The van der Waals surface area contributed by atoms with Gasteiger partial charge in [0.2, 0.25) is 0 Å². The third-order valence-corrected chi connectivity index (χ3v) is 5.38. The number of hydrogen-bond donors (Lipinski definition) is 1. The van der Waals surface area contributed by atoms with Gasteiger partial charge in [-0.15, -0.1) is 34.9 Å². The first-order valence-corrected chi connectivity index (χ1v) is 10.7. The molecule has 0 amide bonds. The Morgan fingerprint density at radius 3 is 2.21 bits per heavy atom. The van der Waals surface area contributed by atoms with Crippen molar-refractivity contribution in [3.63, 3.8) is 0 Å². The van der Waals surface area contributed by atoms with Crippen LogP contribution in [0.5, 0.6) is 0 Å². The molecule has 173 valence electrons. The Morgan fingerprint density at radius 2 is 1.59 bits per heavy atom. The van der Waals surface area contributed by atoms with Crippen LogP contribution >= 0.6 is 0 Å². The van der Waals surface area contributed by atoms with Crippen LogP contribution in [0.1, 0.15) is 40.9 Å². The maximum Gasteiger partial charge on any atom is 0.193 e. The smallest absolute Gasteiger partial charge is 0.193 e. The molecule has 1 heterocycles. The van der Waals surface area contributed by atoms with Gasteiger partial charge in [0.1, 0.15) is 0 Å². The normalized spacial score (nSPS) is 11.8. The van der Waals surface area contributed by atoms with Crippen molar-refractivity contribution < 1.29 is 34.8 Å². The number of nitrogens with zero attached hydrogens (tertiary/aromatic N) is 1. The van der Waals surface area contributed by atoms with Crippen LogP contribution in [0.15, 0.2) is 72.5 Å². The number of aromatic nitrogens is 1. The van der Waals surface area contributed by atoms with Gasteiger partial charge in [-0.25, -0.2) is 0 Å². The van der Waals surface area contributed by atoms with Crippen LogP contribution in [0.25, 0.3) is 33.3 Å². The van der Waals surface area contributed by atoms with E-state index in [1.807, 2.05) is 49.4 Å². The van der Waals surface area contributed by atoms with Gasteiger partial charge >= 0.3 is 0 Å². The van der Waals surface area contributed by atoms with Crippen molar-refractivity contribution in [1.82, 2.24) is 4.98 Å². The summed E-state index contributed by atoms with van der Waals surface area (Å²) in [4.78, 5) is 28.0. The Bertz CT molecular complexity index is 1430. The van der Waals surface area contributed by atoms with Gasteiger partial charge in [0.05, 0.1) is 11.3 Å². The molecule has 0 unspecified atom stereocenters. The van der Waals surface area contributed by atoms with Crippen LogP contribution in [-0.4, -0.2) is 21.7 Å². The van der Waals surface area contributed by atoms with E-state index < -0.39 is 0 Å². The largest absolute Gasteiger partial charge is 0.512 e. The Hall–Kier alpha value is -3.40. The van der Waals surface area contributed by atoms with Crippen LogP contribution in [-0.2, 0) is 24.9 Å². The van der Waals surface area contributed by atoms with Crippen molar-refractivity contribution in [3.8, 4) is 22.4 Å². The van der Waals surface area contributed by atoms with E-state index in [4.69, 9.17) is 10.1 Å². The van der Waals surface area contributed by atoms with Crippen molar-refractivity contribution in [2.45, 2.75) is 27.7 Å². The number of benzene rings is 3. The van der Waals surface area contributed by atoms with Crippen molar-refractivity contribution in [1.29, 1.82) is 0 Å². The van der Waals surface area contributed by atoms with E-state index in [0.29, 0.717) is 0 Å². The van der Waals surface area contributed by atoms with Crippen LogP contribution in [0.4, 0.5) is 0 Å². The molecule has 0 aliphatic heterocycles. The van der Waals surface area contributed by atoms with Gasteiger partial charge in [0, 0.05) is 42.7 Å². The number of aliphatic hydroxyl groups is 1. The first-order valence-electron chi connectivity index (χ1n) is 10.7. The predicted molar refractivity (Wildman–Crippen MR) is 131 cm³/mol. The van der Waals surface area contributed by atoms with Crippen molar-refractivity contribution >= 4 is 22.5 Å². The fraction of sp³-hybridized carbons (Fsp3) is 0.138. The molecule has 1 aromatic heterocycles. The summed E-state index contributed by atoms with van der Waals surface area (Å²) in [6, 6.07) is 23.3. The van der Waals surface area contributed by atoms with Crippen LogP contribution in [0, 0.1) is 19.9 Å². The van der Waals surface area contributed by atoms with E-state index in [2.05, 4.69) is 31.2 Å². The number of carbonyl (C=O) groups is 2. The van der Waals surface area contributed by atoms with Crippen LogP contribution in [0.3, 0.4) is 0 Å². The molecular weight excluding hydrogens is 603 g/mol. The molecule has 5 heteroatoms. The summed E-state index contributed by atoms with van der Waals surface area (Å²) in [5.41, 5.74) is 8.37. The van der Waals surface area contributed by atoms with Crippen molar-refractivity contribution in [2.75, 3.05) is 0 Å². The van der Waals surface area contributed by atoms with Crippen molar-refractivity contribution in [3.05, 3.63) is 101 Å². The number of aliphatic hydroxyl groups excluding tert-OH is 1. The summed E-state index contributed by atoms with van der Waals surface area (Å²) in [5, 5.41) is 9.31. The fourth-order valence-corrected chi connectivity index (χ4v) is 4.22. The summed E-state index contributed by atoms with van der Waals surface area (Å²) in [5.74, 6) is 0.00447. The second kappa shape index (κ2) is 10.3. The molecule has 1 N–H and O–H groups in total. The molecular formula is C29H24IrNO3-. The van der Waals surface area contributed by atoms with Gasteiger partial charge in [0.15, 0.2) is 11.6 Å². The fourth-order valence-electron chi connectivity index (χ4n) is 4.22. The molecule has 0 saturated carbocycles. The summed E-state index contributed by atoms with van der Waals surface area (Å²) in [6.45, 7) is 6.94.